The number of hydrogen-bond acceptors (Lipinski definition) is 7. The summed E-state index contributed by atoms with van der Waals surface area (Å²) in [6, 6.07) is 6.16. The first-order valence-corrected chi connectivity index (χ1v) is 10.8. The summed E-state index contributed by atoms with van der Waals surface area (Å²) in [5.41, 5.74) is 8.97. The van der Waals surface area contributed by atoms with Crippen LogP contribution in [0.3, 0.4) is 0 Å². The van der Waals surface area contributed by atoms with E-state index in [-0.39, 0.29) is 34.4 Å². The van der Waals surface area contributed by atoms with Crippen LogP contribution in [0.5, 0.6) is 11.8 Å². The van der Waals surface area contributed by atoms with Crippen molar-refractivity contribution in [2.24, 2.45) is 7.05 Å². The molecule has 0 bridgehead atoms. The van der Waals surface area contributed by atoms with Gasteiger partial charge in [0.05, 0.1) is 11.1 Å². The normalized spacial score (nSPS) is 11.0. The van der Waals surface area contributed by atoms with Crippen molar-refractivity contribution in [3.63, 3.8) is 0 Å². The van der Waals surface area contributed by atoms with E-state index in [0.29, 0.717) is 33.5 Å². The maximum atomic E-state index is 15.7. The van der Waals surface area contributed by atoms with E-state index < -0.39 is 11.6 Å². The van der Waals surface area contributed by atoms with Gasteiger partial charge in [-0.1, -0.05) is 0 Å². The summed E-state index contributed by atoms with van der Waals surface area (Å²) in [5.74, 6) is 1.34. The average Bonchev–Trinajstić information content (AvgIpc) is 3.14. The zero-order chi connectivity index (χ0) is 25.6. The molecule has 0 aliphatic carbocycles. The van der Waals surface area contributed by atoms with E-state index in [1.807, 2.05) is 0 Å². The molecule has 4 heterocycles. The summed E-state index contributed by atoms with van der Waals surface area (Å²) in [5, 5.41) is 0.422. The van der Waals surface area contributed by atoms with Crippen molar-refractivity contribution < 1.29 is 13.5 Å². The molecule has 0 saturated heterocycles. The van der Waals surface area contributed by atoms with Crippen molar-refractivity contribution in [1.29, 1.82) is 0 Å². The molecule has 0 aliphatic heterocycles. The number of hydrogen-bond donors (Lipinski definition) is 1. The van der Waals surface area contributed by atoms with E-state index in [0.717, 1.165) is 0 Å². The molecule has 0 amide bonds. The van der Waals surface area contributed by atoms with Gasteiger partial charge >= 0.3 is 6.01 Å². The van der Waals surface area contributed by atoms with Gasteiger partial charge in [-0.15, -0.1) is 6.42 Å². The predicted molar refractivity (Wildman–Crippen MR) is 131 cm³/mol. The van der Waals surface area contributed by atoms with Gasteiger partial charge in [-0.3, -0.25) is 0 Å². The third-order valence-electron chi connectivity index (χ3n) is 5.84. The molecule has 0 saturated carbocycles. The number of aryl methyl sites for hydroxylation is 2. The number of benzene rings is 1. The third kappa shape index (κ3) is 3.67. The van der Waals surface area contributed by atoms with Crippen LogP contribution in [-0.2, 0) is 7.05 Å². The number of terminal acetylenes is 1. The summed E-state index contributed by atoms with van der Waals surface area (Å²) < 4.78 is 37.9. The van der Waals surface area contributed by atoms with Gasteiger partial charge in [-0.2, -0.15) is 0 Å². The second-order valence-corrected chi connectivity index (χ2v) is 8.07. The first-order chi connectivity index (χ1) is 17.3. The van der Waals surface area contributed by atoms with Gasteiger partial charge < -0.3 is 15.0 Å². The number of aromatic nitrogens is 6. The highest BCUT2D eigenvalue weighted by Crippen LogP contribution is 2.44. The summed E-state index contributed by atoms with van der Waals surface area (Å²) in [6.45, 7) is 3.38. The highest BCUT2D eigenvalue weighted by Gasteiger charge is 2.26. The van der Waals surface area contributed by atoms with Crippen molar-refractivity contribution in [1.82, 2.24) is 29.5 Å². The van der Waals surface area contributed by atoms with E-state index in [4.69, 9.17) is 16.9 Å². The Morgan fingerprint density at radius 3 is 2.58 bits per heavy atom. The van der Waals surface area contributed by atoms with Crippen LogP contribution in [0.2, 0.25) is 0 Å². The van der Waals surface area contributed by atoms with Crippen molar-refractivity contribution in [3.05, 3.63) is 71.6 Å². The molecule has 5 aromatic rings. The highest BCUT2D eigenvalue weighted by atomic mass is 19.1. The van der Waals surface area contributed by atoms with Crippen LogP contribution in [-0.4, -0.2) is 29.5 Å². The maximum Gasteiger partial charge on any atom is 0.322 e. The van der Waals surface area contributed by atoms with Crippen LogP contribution in [0.15, 0.2) is 43.0 Å². The van der Waals surface area contributed by atoms with Gasteiger partial charge in [0.1, 0.15) is 35.1 Å². The lowest BCUT2D eigenvalue weighted by Gasteiger charge is -2.13. The zero-order valence-electron chi connectivity index (χ0n) is 19.5. The largest absolute Gasteiger partial charge is 0.424 e. The van der Waals surface area contributed by atoms with Crippen LogP contribution in [0, 0.1) is 37.8 Å². The van der Waals surface area contributed by atoms with E-state index in [2.05, 4.69) is 30.8 Å². The molecule has 8 nitrogen and oxygen atoms in total. The topological polar surface area (TPSA) is 105 Å². The molecular formula is C26H19F2N7O. The fraction of sp³-hybridized carbons (Fsp3) is 0.115. The number of nitrogen functional groups attached to an aromatic ring is 1. The van der Waals surface area contributed by atoms with Crippen molar-refractivity contribution in [2.75, 3.05) is 5.73 Å². The Morgan fingerprint density at radius 1 is 1.06 bits per heavy atom. The molecule has 0 unspecified atom stereocenters. The average molecular weight is 483 g/mol. The molecular weight excluding hydrogens is 464 g/mol. The molecule has 1 aromatic carbocycles. The first-order valence-electron chi connectivity index (χ1n) is 10.8. The Bertz CT molecular complexity index is 1710. The second-order valence-electron chi connectivity index (χ2n) is 8.07. The van der Waals surface area contributed by atoms with E-state index in [9.17, 15) is 4.39 Å². The number of nitrogens with zero attached hydrogens (tertiary/aromatic N) is 6. The summed E-state index contributed by atoms with van der Waals surface area (Å²) in [4.78, 5) is 20.7. The van der Waals surface area contributed by atoms with Crippen molar-refractivity contribution >= 4 is 16.9 Å². The lowest BCUT2D eigenvalue weighted by molar-refractivity contribution is 0.436. The minimum absolute atomic E-state index is 0.0939. The smallest absolute Gasteiger partial charge is 0.322 e. The van der Waals surface area contributed by atoms with Gasteiger partial charge in [-0.25, -0.2) is 33.7 Å². The van der Waals surface area contributed by atoms with Crippen molar-refractivity contribution in [3.8, 4) is 46.5 Å². The second kappa shape index (κ2) is 8.70. The monoisotopic (exact) mass is 483 g/mol. The molecule has 36 heavy (non-hydrogen) atoms. The van der Waals surface area contributed by atoms with Gasteiger partial charge in [0.15, 0.2) is 5.82 Å². The number of anilines is 1. The van der Waals surface area contributed by atoms with Crippen LogP contribution in [0.1, 0.15) is 17.0 Å². The molecule has 4 aromatic heterocycles. The molecule has 0 aliphatic rings. The Hall–Kier alpha value is -4.91. The van der Waals surface area contributed by atoms with Gasteiger partial charge in [0.2, 0.25) is 0 Å². The zero-order valence-corrected chi connectivity index (χ0v) is 19.5. The number of fused-ring (bicyclic) bond motifs is 1. The quantitative estimate of drug-likeness (QED) is 0.368. The molecule has 0 spiro atoms. The molecule has 0 atom stereocenters. The summed E-state index contributed by atoms with van der Waals surface area (Å²) in [7, 11) is 1.73. The Kier molecular flexibility index (Phi) is 5.53. The number of halogens is 2. The number of ether oxygens (including phenoxy) is 1. The van der Waals surface area contributed by atoms with Crippen molar-refractivity contribution in [2.45, 2.75) is 13.8 Å². The Balaban J connectivity index is 1.74. The SMILES string of the molecule is C#Cc1ncc(-c2c(-c3ccc(Oc4nccc(C)n4)cc3F)c3c(N)ncnc3n2C)c(C)c1F. The maximum absolute atomic E-state index is 15.7. The number of pyridine rings is 1. The lowest BCUT2D eigenvalue weighted by Crippen LogP contribution is -2.01. The molecule has 5 rings (SSSR count). The Labute approximate surface area is 204 Å². The molecule has 10 heteroatoms. The minimum atomic E-state index is -0.632. The van der Waals surface area contributed by atoms with Gasteiger partial charge in [0, 0.05) is 47.9 Å². The molecule has 178 valence electrons. The first kappa shape index (κ1) is 22.9. The highest BCUT2D eigenvalue weighted by molar-refractivity contribution is 6.08. The predicted octanol–water partition coefficient (Wildman–Crippen LogP) is 4.74. The summed E-state index contributed by atoms with van der Waals surface area (Å²) in [6.07, 6.45) is 9.70. The van der Waals surface area contributed by atoms with Crippen LogP contribution in [0.4, 0.5) is 14.6 Å². The third-order valence-corrected chi connectivity index (χ3v) is 5.84. The molecule has 2 N–H and O–H groups in total. The van der Waals surface area contributed by atoms with Crippen LogP contribution in [0.25, 0.3) is 33.4 Å². The summed E-state index contributed by atoms with van der Waals surface area (Å²) >= 11 is 0. The number of rotatable bonds is 4. The molecule has 0 radical (unpaired) electrons. The fourth-order valence-electron chi connectivity index (χ4n) is 4.11. The fourth-order valence-corrected chi connectivity index (χ4v) is 4.11. The lowest BCUT2D eigenvalue weighted by atomic mass is 9.96. The van der Waals surface area contributed by atoms with E-state index >= 15 is 4.39 Å². The van der Waals surface area contributed by atoms with Crippen LogP contribution < -0.4 is 10.5 Å². The Morgan fingerprint density at radius 2 is 1.86 bits per heavy atom. The minimum Gasteiger partial charge on any atom is -0.424 e. The van der Waals surface area contributed by atoms with Crippen LogP contribution >= 0.6 is 0 Å². The standard InChI is InChI=1S/C26H19F2N7O/c1-5-19-22(28)14(3)17(11-31-19)23-20(21-24(29)32-12-33-25(21)35(23)4)16-7-6-15(10-18(16)27)36-26-30-9-8-13(2)34-26/h1,6-12H,2-4H3,(H2,29,32,33). The van der Waals surface area contributed by atoms with E-state index in [1.54, 1.807) is 49.9 Å². The number of nitrogens with two attached hydrogens (primary N) is 1. The van der Waals surface area contributed by atoms with Gasteiger partial charge in [-0.05, 0) is 43.5 Å². The van der Waals surface area contributed by atoms with E-state index in [1.165, 1.54) is 18.6 Å². The van der Waals surface area contributed by atoms with Gasteiger partial charge in [0.25, 0.3) is 0 Å². The molecule has 0 fully saturated rings.